The van der Waals surface area contributed by atoms with Gasteiger partial charge in [-0.15, -0.1) is 0 Å². The van der Waals surface area contributed by atoms with E-state index in [-0.39, 0.29) is 0 Å². The van der Waals surface area contributed by atoms with E-state index in [0.717, 1.165) is 23.4 Å². The zero-order valence-corrected chi connectivity index (χ0v) is 10.6. The highest BCUT2D eigenvalue weighted by Gasteiger charge is 2.15. The average molecular weight is 241 g/mol. The van der Waals surface area contributed by atoms with Gasteiger partial charge >= 0.3 is 6.01 Å². The standard InChI is InChI=1S/C11H19N3OS/c1-2-12-11-13-10(14-15-11)8-16-9-6-4-3-5-7-9/h9H,2-8H2,1H3,(H,12,13,14). The molecule has 1 fully saturated rings. The van der Waals surface area contributed by atoms with Crippen LogP contribution >= 0.6 is 11.8 Å². The quantitative estimate of drug-likeness (QED) is 0.858. The molecule has 0 unspecified atom stereocenters. The van der Waals surface area contributed by atoms with E-state index in [2.05, 4.69) is 15.5 Å². The molecule has 5 heteroatoms. The Morgan fingerprint density at radius 3 is 2.94 bits per heavy atom. The summed E-state index contributed by atoms with van der Waals surface area (Å²) in [5.74, 6) is 1.69. The van der Waals surface area contributed by atoms with E-state index in [1.807, 2.05) is 18.7 Å². The number of thioether (sulfide) groups is 1. The summed E-state index contributed by atoms with van der Waals surface area (Å²) in [6.07, 6.45) is 6.87. The number of hydrogen-bond acceptors (Lipinski definition) is 5. The van der Waals surface area contributed by atoms with E-state index >= 15 is 0 Å². The van der Waals surface area contributed by atoms with Gasteiger partial charge in [0.25, 0.3) is 0 Å². The molecule has 1 aliphatic carbocycles. The minimum absolute atomic E-state index is 0.543. The van der Waals surface area contributed by atoms with Crippen LogP contribution < -0.4 is 5.32 Å². The van der Waals surface area contributed by atoms with Crippen LogP contribution in [0, 0.1) is 0 Å². The Balaban J connectivity index is 1.75. The number of hydrogen-bond donors (Lipinski definition) is 1. The number of rotatable bonds is 5. The normalized spacial score (nSPS) is 17.6. The lowest BCUT2D eigenvalue weighted by atomic mass is 10.0. The summed E-state index contributed by atoms with van der Waals surface area (Å²) in [6.45, 7) is 2.83. The SMILES string of the molecule is CCNc1nc(CSC2CCCCC2)no1. The molecule has 0 saturated heterocycles. The first-order valence-electron chi connectivity index (χ1n) is 6.06. The smallest absolute Gasteiger partial charge is 0.321 e. The van der Waals surface area contributed by atoms with Gasteiger partial charge in [0.05, 0.1) is 5.75 Å². The maximum absolute atomic E-state index is 5.06. The molecule has 1 aliphatic rings. The van der Waals surface area contributed by atoms with Gasteiger partial charge in [-0.1, -0.05) is 24.4 Å². The van der Waals surface area contributed by atoms with Crippen molar-refractivity contribution in [3.8, 4) is 0 Å². The first-order chi connectivity index (χ1) is 7.88. The minimum atomic E-state index is 0.543. The maximum Gasteiger partial charge on any atom is 0.321 e. The van der Waals surface area contributed by atoms with Crippen molar-refractivity contribution in [1.82, 2.24) is 10.1 Å². The molecule has 0 aromatic carbocycles. The van der Waals surface area contributed by atoms with Crippen molar-refractivity contribution in [3.63, 3.8) is 0 Å². The van der Waals surface area contributed by atoms with Crippen molar-refractivity contribution in [1.29, 1.82) is 0 Å². The molecule has 4 nitrogen and oxygen atoms in total. The Bertz CT molecular complexity index is 310. The number of aromatic nitrogens is 2. The van der Waals surface area contributed by atoms with Crippen LogP contribution in [0.15, 0.2) is 4.52 Å². The van der Waals surface area contributed by atoms with Gasteiger partial charge in [0.1, 0.15) is 0 Å². The van der Waals surface area contributed by atoms with Crippen molar-refractivity contribution in [2.75, 3.05) is 11.9 Å². The van der Waals surface area contributed by atoms with Crippen molar-refractivity contribution < 1.29 is 4.52 Å². The molecule has 90 valence electrons. The van der Waals surface area contributed by atoms with Crippen LogP contribution in [0.2, 0.25) is 0 Å². The Kier molecular flexibility index (Phi) is 4.51. The number of nitrogens with one attached hydrogen (secondary N) is 1. The molecular weight excluding hydrogens is 222 g/mol. The molecule has 0 spiro atoms. The summed E-state index contributed by atoms with van der Waals surface area (Å²) >= 11 is 1.97. The van der Waals surface area contributed by atoms with Crippen LogP contribution in [-0.2, 0) is 5.75 Å². The van der Waals surface area contributed by atoms with Crippen LogP contribution in [0.1, 0.15) is 44.9 Å². The maximum atomic E-state index is 5.06. The lowest BCUT2D eigenvalue weighted by Crippen LogP contribution is -2.08. The van der Waals surface area contributed by atoms with Crippen molar-refractivity contribution in [2.45, 2.75) is 50.0 Å². The second kappa shape index (κ2) is 6.13. The Labute approximate surface area is 101 Å². The number of nitrogens with zero attached hydrogens (tertiary/aromatic N) is 2. The van der Waals surface area contributed by atoms with E-state index in [0.29, 0.717) is 6.01 Å². The third-order valence-electron chi connectivity index (χ3n) is 2.80. The van der Waals surface area contributed by atoms with Crippen molar-refractivity contribution in [3.05, 3.63) is 5.82 Å². The lowest BCUT2D eigenvalue weighted by Gasteiger charge is -2.19. The first kappa shape index (κ1) is 11.8. The molecule has 1 N–H and O–H groups in total. The Morgan fingerprint density at radius 1 is 1.38 bits per heavy atom. The van der Waals surface area contributed by atoms with E-state index in [9.17, 15) is 0 Å². The average Bonchev–Trinajstić information content (AvgIpc) is 2.76. The Morgan fingerprint density at radius 2 is 2.19 bits per heavy atom. The van der Waals surface area contributed by atoms with Gasteiger partial charge in [0, 0.05) is 11.8 Å². The van der Waals surface area contributed by atoms with E-state index < -0.39 is 0 Å². The van der Waals surface area contributed by atoms with Gasteiger partial charge in [-0.05, 0) is 19.8 Å². The summed E-state index contributed by atoms with van der Waals surface area (Å²) in [5, 5.41) is 7.77. The summed E-state index contributed by atoms with van der Waals surface area (Å²) in [4.78, 5) is 4.27. The highest BCUT2D eigenvalue weighted by molar-refractivity contribution is 7.99. The van der Waals surface area contributed by atoms with Gasteiger partial charge in [0.2, 0.25) is 0 Å². The van der Waals surface area contributed by atoms with Crippen molar-refractivity contribution in [2.24, 2.45) is 0 Å². The van der Waals surface area contributed by atoms with Gasteiger partial charge in [-0.25, -0.2) is 0 Å². The predicted octanol–water partition coefficient (Wildman–Crippen LogP) is 3.07. The van der Waals surface area contributed by atoms with Gasteiger partial charge in [-0.2, -0.15) is 16.7 Å². The fourth-order valence-electron chi connectivity index (χ4n) is 1.96. The van der Waals surface area contributed by atoms with Gasteiger partial charge in [0.15, 0.2) is 5.82 Å². The zero-order chi connectivity index (χ0) is 11.2. The molecule has 2 rings (SSSR count). The fourth-order valence-corrected chi connectivity index (χ4v) is 3.13. The Hall–Kier alpha value is -0.710. The van der Waals surface area contributed by atoms with Crippen molar-refractivity contribution >= 4 is 17.8 Å². The molecule has 1 saturated carbocycles. The molecule has 1 aromatic heterocycles. The summed E-state index contributed by atoms with van der Waals surface area (Å²) in [5.41, 5.74) is 0. The third-order valence-corrected chi connectivity index (χ3v) is 4.16. The van der Waals surface area contributed by atoms with Crippen LogP contribution in [-0.4, -0.2) is 21.9 Å². The van der Waals surface area contributed by atoms with Crippen LogP contribution in [0.3, 0.4) is 0 Å². The molecule has 0 atom stereocenters. The molecule has 1 heterocycles. The highest BCUT2D eigenvalue weighted by atomic mass is 32.2. The minimum Gasteiger partial charge on any atom is -0.338 e. The molecule has 0 bridgehead atoms. The molecule has 0 amide bonds. The second-order valence-corrected chi connectivity index (χ2v) is 5.41. The fraction of sp³-hybridized carbons (Fsp3) is 0.818. The highest BCUT2D eigenvalue weighted by Crippen LogP contribution is 2.29. The summed E-state index contributed by atoms with van der Waals surface area (Å²) in [6, 6.07) is 0.543. The molecule has 1 aromatic rings. The van der Waals surface area contributed by atoms with E-state index in [1.54, 1.807) is 0 Å². The first-order valence-corrected chi connectivity index (χ1v) is 7.11. The van der Waals surface area contributed by atoms with Gasteiger partial charge in [-0.3, -0.25) is 0 Å². The summed E-state index contributed by atoms with van der Waals surface area (Å²) < 4.78 is 5.06. The lowest BCUT2D eigenvalue weighted by molar-refractivity contribution is 0.425. The summed E-state index contributed by atoms with van der Waals surface area (Å²) in [7, 11) is 0. The third kappa shape index (κ3) is 3.40. The van der Waals surface area contributed by atoms with Crippen LogP contribution in [0.25, 0.3) is 0 Å². The van der Waals surface area contributed by atoms with Gasteiger partial charge < -0.3 is 9.84 Å². The van der Waals surface area contributed by atoms with Crippen LogP contribution in [0.5, 0.6) is 0 Å². The largest absolute Gasteiger partial charge is 0.338 e. The second-order valence-electron chi connectivity index (χ2n) is 4.12. The molecule has 0 aliphatic heterocycles. The van der Waals surface area contributed by atoms with E-state index in [4.69, 9.17) is 4.52 Å². The predicted molar refractivity (Wildman–Crippen MR) is 66.6 cm³/mol. The zero-order valence-electron chi connectivity index (χ0n) is 9.74. The molecule has 0 radical (unpaired) electrons. The molecule has 16 heavy (non-hydrogen) atoms. The van der Waals surface area contributed by atoms with Crippen LogP contribution in [0.4, 0.5) is 6.01 Å². The topological polar surface area (TPSA) is 51.0 Å². The monoisotopic (exact) mass is 241 g/mol. The number of anilines is 1. The van der Waals surface area contributed by atoms with E-state index in [1.165, 1.54) is 32.1 Å². The molecular formula is C11H19N3OS.